The summed E-state index contributed by atoms with van der Waals surface area (Å²) in [4.78, 5) is 14.9. The first-order chi connectivity index (χ1) is 27.2. The fourth-order valence-corrected chi connectivity index (χ4v) is 7.87. The fourth-order valence-electron chi connectivity index (χ4n) is 7.87. The zero-order valence-corrected chi connectivity index (χ0v) is 30.1. The van der Waals surface area contributed by atoms with Crippen LogP contribution in [0.15, 0.2) is 200 Å². The van der Waals surface area contributed by atoms with Crippen LogP contribution in [0.25, 0.3) is 89.8 Å². The molecule has 266 valence electrons. The van der Waals surface area contributed by atoms with Gasteiger partial charge in [0.2, 0.25) is 0 Å². The van der Waals surface area contributed by atoms with Crippen molar-refractivity contribution in [3.8, 4) is 89.8 Å². The second kappa shape index (κ2) is 14.9. The Morgan fingerprint density at radius 3 is 1.09 bits per heavy atom. The van der Waals surface area contributed by atoms with Crippen LogP contribution in [0, 0.1) is 0 Å². The lowest BCUT2D eigenvalue weighted by atomic mass is 9.93. The summed E-state index contributed by atoms with van der Waals surface area (Å²) in [5, 5.41) is 0. The third-order valence-electron chi connectivity index (χ3n) is 10.6. The van der Waals surface area contributed by atoms with Gasteiger partial charge in [0.15, 0.2) is 17.5 Å². The summed E-state index contributed by atoms with van der Waals surface area (Å²) in [6, 6.07) is 70.7. The molecule has 1 aromatic heterocycles. The molecule has 0 fully saturated rings. The maximum absolute atomic E-state index is 5.01. The van der Waals surface area contributed by atoms with Crippen molar-refractivity contribution in [1.29, 1.82) is 0 Å². The van der Waals surface area contributed by atoms with Crippen molar-refractivity contribution in [3.05, 3.63) is 211 Å². The summed E-state index contributed by atoms with van der Waals surface area (Å²) in [5.74, 6) is 1.94. The second-order valence-corrected chi connectivity index (χ2v) is 14.0. The van der Waals surface area contributed by atoms with E-state index in [0.29, 0.717) is 17.5 Å². The minimum absolute atomic E-state index is 0. The third-order valence-corrected chi connectivity index (χ3v) is 10.6. The quantitative estimate of drug-likeness (QED) is 0.165. The number of rotatable bonds is 7. The molecule has 0 N–H and O–H groups in total. The van der Waals surface area contributed by atoms with Crippen molar-refractivity contribution in [2.75, 3.05) is 0 Å². The van der Waals surface area contributed by atoms with Crippen molar-refractivity contribution >= 4 is 0 Å². The molecule has 56 heavy (non-hydrogen) atoms. The van der Waals surface area contributed by atoms with Gasteiger partial charge in [0.1, 0.15) is 0 Å². The van der Waals surface area contributed by atoms with Gasteiger partial charge in [-0.3, -0.25) is 0 Å². The Bertz CT molecular complexity index is 2790. The van der Waals surface area contributed by atoms with E-state index in [1.54, 1.807) is 0 Å². The molecule has 3 nitrogen and oxygen atoms in total. The molecular formula is C53H39N3. The van der Waals surface area contributed by atoms with Crippen LogP contribution in [-0.4, -0.2) is 15.0 Å². The van der Waals surface area contributed by atoms with Gasteiger partial charge in [-0.25, -0.2) is 15.0 Å². The average Bonchev–Trinajstić information content (AvgIpc) is 3.67. The van der Waals surface area contributed by atoms with Crippen LogP contribution in [0.5, 0.6) is 0 Å². The molecule has 0 aliphatic heterocycles. The Morgan fingerprint density at radius 2 is 0.571 bits per heavy atom. The van der Waals surface area contributed by atoms with Crippen molar-refractivity contribution in [3.63, 3.8) is 0 Å². The number of aromatic nitrogens is 3. The molecule has 9 aromatic rings. The average molecular weight is 718 g/mol. The van der Waals surface area contributed by atoms with E-state index >= 15 is 0 Å². The third kappa shape index (κ3) is 6.50. The van der Waals surface area contributed by atoms with Crippen molar-refractivity contribution < 1.29 is 0 Å². The highest BCUT2D eigenvalue weighted by Crippen LogP contribution is 2.45. The lowest BCUT2D eigenvalue weighted by molar-refractivity contribution is 1.07. The highest BCUT2D eigenvalue weighted by atomic mass is 15.0. The lowest BCUT2D eigenvalue weighted by Crippen LogP contribution is -2.00. The number of fused-ring (bicyclic) bond motifs is 3. The van der Waals surface area contributed by atoms with Gasteiger partial charge >= 0.3 is 0 Å². The summed E-state index contributed by atoms with van der Waals surface area (Å²) in [5.41, 5.74) is 18.0. The molecule has 3 heteroatoms. The van der Waals surface area contributed by atoms with E-state index in [1.807, 2.05) is 36.4 Å². The van der Waals surface area contributed by atoms with Crippen LogP contribution >= 0.6 is 0 Å². The van der Waals surface area contributed by atoms with Crippen LogP contribution in [0.1, 0.15) is 18.6 Å². The molecule has 0 saturated heterocycles. The SMILES string of the molecule is C.c1ccc(-c2ccc(-c3nc(-c4ccccc4)nc(-c4ccc(-c5cccc(-c6cccc7c6Cc6c(-c8ccccc8)cccc6-7)c5)cc4)n3)cc2)cc1. The first kappa shape index (κ1) is 34.5. The summed E-state index contributed by atoms with van der Waals surface area (Å²) in [6.45, 7) is 0. The number of nitrogens with zero attached hydrogens (tertiary/aromatic N) is 3. The van der Waals surface area contributed by atoms with Crippen molar-refractivity contribution in [2.45, 2.75) is 13.8 Å². The largest absolute Gasteiger partial charge is 0.208 e. The highest BCUT2D eigenvalue weighted by Gasteiger charge is 2.24. The summed E-state index contributed by atoms with van der Waals surface area (Å²) < 4.78 is 0. The van der Waals surface area contributed by atoms with Gasteiger partial charge in [0.05, 0.1) is 0 Å². The maximum Gasteiger partial charge on any atom is 0.164 e. The molecule has 0 amide bonds. The van der Waals surface area contributed by atoms with Crippen LogP contribution in [0.3, 0.4) is 0 Å². The van der Waals surface area contributed by atoms with E-state index in [9.17, 15) is 0 Å². The Hall–Kier alpha value is -7.23. The molecule has 0 spiro atoms. The predicted molar refractivity (Wildman–Crippen MR) is 233 cm³/mol. The molecule has 0 bridgehead atoms. The van der Waals surface area contributed by atoms with Gasteiger partial charge in [-0.15, -0.1) is 0 Å². The summed E-state index contributed by atoms with van der Waals surface area (Å²) >= 11 is 0. The Balaban J connectivity index is 0.00000410. The summed E-state index contributed by atoms with van der Waals surface area (Å²) in [7, 11) is 0. The fraction of sp³-hybridized carbons (Fsp3) is 0.0377. The van der Waals surface area contributed by atoms with Gasteiger partial charge in [-0.05, 0) is 79.2 Å². The van der Waals surface area contributed by atoms with Crippen LogP contribution in [0.2, 0.25) is 0 Å². The minimum Gasteiger partial charge on any atom is -0.208 e. The normalized spacial score (nSPS) is 11.4. The zero-order chi connectivity index (χ0) is 36.6. The van der Waals surface area contributed by atoms with Crippen LogP contribution in [0.4, 0.5) is 0 Å². The van der Waals surface area contributed by atoms with Gasteiger partial charge < -0.3 is 0 Å². The molecule has 10 rings (SSSR count). The Kier molecular flexibility index (Phi) is 9.18. The number of benzene rings is 8. The Morgan fingerprint density at radius 1 is 0.250 bits per heavy atom. The van der Waals surface area contributed by atoms with E-state index in [0.717, 1.165) is 34.2 Å². The first-order valence-corrected chi connectivity index (χ1v) is 18.7. The lowest BCUT2D eigenvalue weighted by Gasteiger charge is -2.12. The standard InChI is InChI=1S/C52H35N3.CH4/c1-4-13-35(14-5-1)36-25-29-40(30-26-36)51-53-50(39-17-8-3-9-18-39)54-52(55-51)41-31-27-37(28-32-41)42-19-10-20-43(33-42)45-22-12-24-47-46-23-11-21-44(48(46)34-49(45)47)38-15-6-2-7-16-38;/h1-33H,34H2;1H4. The second-order valence-electron chi connectivity index (χ2n) is 14.0. The van der Waals surface area contributed by atoms with E-state index in [4.69, 9.17) is 15.0 Å². The van der Waals surface area contributed by atoms with Crippen LogP contribution in [-0.2, 0) is 6.42 Å². The van der Waals surface area contributed by atoms with Gasteiger partial charge in [0, 0.05) is 16.7 Å². The minimum atomic E-state index is 0. The molecular weight excluding hydrogens is 679 g/mol. The van der Waals surface area contributed by atoms with E-state index in [1.165, 1.54) is 55.6 Å². The maximum atomic E-state index is 5.01. The number of hydrogen-bond acceptors (Lipinski definition) is 3. The van der Waals surface area contributed by atoms with E-state index in [-0.39, 0.29) is 7.43 Å². The van der Waals surface area contributed by atoms with Gasteiger partial charge in [0.25, 0.3) is 0 Å². The highest BCUT2D eigenvalue weighted by molar-refractivity contribution is 5.90. The topological polar surface area (TPSA) is 38.7 Å². The molecule has 1 aliphatic rings. The molecule has 0 unspecified atom stereocenters. The van der Waals surface area contributed by atoms with E-state index in [2.05, 4.69) is 164 Å². The first-order valence-electron chi connectivity index (χ1n) is 18.7. The van der Waals surface area contributed by atoms with Gasteiger partial charge in [-0.1, -0.05) is 202 Å². The molecule has 1 heterocycles. The molecule has 0 saturated carbocycles. The molecule has 0 radical (unpaired) electrons. The van der Waals surface area contributed by atoms with Crippen LogP contribution < -0.4 is 0 Å². The molecule has 8 aromatic carbocycles. The van der Waals surface area contributed by atoms with Crippen molar-refractivity contribution in [1.82, 2.24) is 15.0 Å². The Labute approximate surface area is 328 Å². The zero-order valence-electron chi connectivity index (χ0n) is 30.1. The number of hydrogen-bond donors (Lipinski definition) is 0. The monoisotopic (exact) mass is 717 g/mol. The smallest absolute Gasteiger partial charge is 0.164 e. The van der Waals surface area contributed by atoms with Crippen molar-refractivity contribution in [2.24, 2.45) is 0 Å². The van der Waals surface area contributed by atoms with E-state index < -0.39 is 0 Å². The summed E-state index contributed by atoms with van der Waals surface area (Å²) in [6.07, 6.45) is 0.918. The molecule has 0 atom stereocenters. The molecule has 1 aliphatic carbocycles. The predicted octanol–water partition coefficient (Wildman–Crippen LogP) is 13.7. The van der Waals surface area contributed by atoms with Gasteiger partial charge in [-0.2, -0.15) is 0 Å².